The fraction of sp³-hybridized carbons (Fsp3) is 0.750. The minimum absolute atomic E-state index is 1.22. The normalized spacial score (nSPS) is 24.3. The molecule has 1 heteroatoms. The third-order valence-corrected chi connectivity index (χ3v) is 2.52. The van der Waals surface area contributed by atoms with Gasteiger partial charge in [0.2, 0.25) is 0 Å². The molecule has 0 fully saturated rings. The van der Waals surface area contributed by atoms with Crippen LogP contribution in [0.15, 0.2) is 11.3 Å². The third-order valence-electron chi connectivity index (χ3n) is 2.52. The highest BCUT2D eigenvalue weighted by Gasteiger charge is 2.26. The van der Waals surface area contributed by atoms with Crippen molar-refractivity contribution in [2.24, 2.45) is 0 Å². The standard InChI is InChI=1S/C8H13N/c1-2-9-6-5-7-3-4-8(7)9/h2-6H2,1H3. The molecule has 0 aromatic heterocycles. The van der Waals surface area contributed by atoms with Gasteiger partial charge in [-0.05, 0) is 31.8 Å². The monoisotopic (exact) mass is 123 g/mol. The van der Waals surface area contributed by atoms with Crippen molar-refractivity contribution in [3.63, 3.8) is 0 Å². The first-order chi connectivity index (χ1) is 4.42. The molecule has 0 unspecified atom stereocenters. The summed E-state index contributed by atoms with van der Waals surface area (Å²) in [5.74, 6) is 0. The second kappa shape index (κ2) is 1.76. The summed E-state index contributed by atoms with van der Waals surface area (Å²) in [5.41, 5.74) is 3.43. The molecule has 0 aromatic carbocycles. The molecule has 2 aliphatic rings. The van der Waals surface area contributed by atoms with Crippen LogP contribution in [0.5, 0.6) is 0 Å². The fourth-order valence-electron chi connectivity index (χ4n) is 1.82. The van der Waals surface area contributed by atoms with Crippen LogP contribution in [0.25, 0.3) is 0 Å². The quantitative estimate of drug-likeness (QED) is 0.513. The van der Waals surface area contributed by atoms with E-state index in [1.54, 1.807) is 11.3 Å². The van der Waals surface area contributed by atoms with E-state index in [9.17, 15) is 0 Å². The van der Waals surface area contributed by atoms with Crippen molar-refractivity contribution in [2.45, 2.75) is 26.2 Å². The third kappa shape index (κ3) is 0.606. The zero-order valence-electron chi connectivity index (χ0n) is 5.98. The molecule has 1 aliphatic heterocycles. The molecule has 1 heterocycles. The van der Waals surface area contributed by atoms with Gasteiger partial charge in [-0.1, -0.05) is 0 Å². The lowest BCUT2D eigenvalue weighted by molar-refractivity contribution is 0.380. The summed E-state index contributed by atoms with van der Waals surface area (Å²) >= 11 is 0. The van der Waals surface area contributed by atoms with Crippen molar-refractivity contribution in [2.75, 3.05) is 13.1 Å². The maximum Gasteiger partial charge on any atom is 0.0212 e. The van der Waals surface area contributed by atoms with E-state index in [0.29, 0.717) is 0 Å². The second-order valence-corrected chi connectivity index (χ2v) is 2.88. The Morgan fingerprint density at radius 3 is 2.56 bits per heavy atom. The molecule has 0 atom stereocenters. The number of nitrogens with zero attached hydrogens (tertiary/aromatic N) is 1. The lowest BCUT2D eigenvalue weighted by Gasteiger charge is -2.25. The Balaban J connectivity index is 2.14. The van der Waals surface area contributed by atoms with Gasteiger partial charge in [0.05, 0.1) is 0 Å². The van der Waals surface area contributed by atoms with Gasteiger partial charge in [-0.15, -0.1) is 0 Å². The second-order valence-electron chi connectivity index (χ2n) is 2.88. The van der Waals surface area contributed by atoms with Gasteiger partial charge in [-0.25, -0.2) is 0 Å². The summed E-state index contributed by atoms with van der Waals surface area (Å²) in [6.07, 6.45) is 4.12. The number of allylic oxidation sites excluding steroid dienone is 1. The van der Waals surface area contributed by atoms with Gasteiger partial charge >= 0.3 is 0 Å². The summed E-state index contributed by atoms with van der Waals surface area (Å²) in [7, 11) is 0. The summed E-state index contributed by atoms with van der Waals surface area (Å²) in [6.45, 7) is 4.77. The molecule has 50 valence electrons. The van der Waals surface area contributed by atoms with Gasteiger partial charge in [0, 0.05) is 18.8 Å². The van der Waals surface area contributed by atoms with Gasteiger partial charge < -0.3 is 4.90 Å². The van der Waals surface area contributed by atoms with Crippen molar-refractivity contribution in [3.05, 3.63) is 11.3 Å². The average Bonchev–Trinajstić information content (AvgIpc) is 2.07. The van der Waals surface area contributed by atoms with E-state index in [4.69, 9.17) is 0 Å². The van der Waals surface area contributed by atoms with Crippen molar-refractivity contribution in [3.8, 4) is 0 Å². The predicted octanol–water partition coefficient (Wildman–Crippen LogP) is 1.76. The van der Waals surface area contributed by atoms with Gasteiger partial charge in [-0.3, -0.25) is 0 Å². The topological polar surface area (TPSA) is 3.24 Å². The number of likely N-dealkylation sites (tertiary alicyclic amines) is 1. The van der Waals surface area contributed by atoms with Crippen LogP contribution in [0.3, 0.4) is 0 Å². The van der Waals surface area contributed by atoms with Crippen LogP contribution in [0.4, 0.5) is 0 Å². The number of hydrogen-bond donors (Lipinski definition) is 0. The zero-order chi connectivity index (χ0) is 6.27. The maximum absolute atomic E-state index is 2.51. The van der Waals surface area contributed by atoms with Crippen LogP contribution in [0.2, 0.25) is 0 Å². The minimum Gasteiger partial charge on any atom is -0.375 e. The van der Waals surface area contributed by atoms with Gasteiger partial charge in [0.15, 0.2) is 0 Å². The van der Waals surface area contributed by atoms with Gasteiger partial charge in [0.25, 0.3) is 0 Å². The average molecular weight is 123 g/mol. The minimum atomic E-state index is 1.22. The zero-order valence-corrected chi connectivity index (χ0v) is 5.98. The molecular formula is C8H13N. The molecule has 1 nitrogen and oxygen atoms in total. The predicted molar refractivity (Wildman–Crippen MR) is 38.1 cm³/mol. The van der Waals surface area contributed by atoms with Crippen molar-refractivity contribution < 1.29 is 0 Å². The van der Waals surface area contributed by atoms with Crippen LogP contribution >= 0.6 is 0 Å². The van der Waals surface area contributed by atoms with E-state index in [1.807, 2.05) is 0 Å². The fourth-order valence-corrected chi connectivity index (χ4v) is 1.82. The first-order valence-corrected chi connectivity index (χ1v) is 3.87. The Morgan fingerprint density at radius 2 is 2.22 bits per heavy atom. The molecule has 9 heavy (non-hydrogen) atoms. The summed E-state index contributed by atoms with van der Waals surface area (Å²) < 4.78 is 0. The Kier molecular flexibility index (Phi) is 1.04. The van der Waals surface area contributed by atoms with Crippen molar-refractivity contribution in [1.82, 2.24) is 4.90 Å². The SMILES string of the molecule is CCN1CCC2=C1CC2. The molecule has 0 saturated heterocycles. The molecular weight excluding hydrogens is 110 g/mol. The van der Waals surface area contributed by atoms with Crippen molar-refractivity contribution >= 4 is 0 Å². The van der Waals surface area contributed by atoms with E-state index >= 15 is 0 Å². The summed E-state index contributed by atoms with van der Waals surface area (Å²) in [4.78, 5) is 2.51. The highest BCUT2D eigenvalue weighted by Crippen LogP contribution is 2.37. The van der Waals surface area contributed by atoms with E-state index in [-0.39, 0.29) is 0 Å². The largest absolute Gasteiger partial charge is 0.375 e. The van der Waals surface area contributed by atoms with Crippen LogP contribution in [-0.2, 0) is 0 Å². The molecule has 0 bridgehead atoms. The molecule has 0 spiro atoms. The number of rotatable bonds is 1. The first-order valence-electron chi connectivity index (χ1n) is 3.87. The molecule has 0 N–H and O–H groups in total. The molecule has 0 amide bonds. The Labute approximate surface area is 56.4 Å². The van der Waals surface area contributed by atoms with Crippen LogP contribution < -0.4 is 0 Å². The van der Waals surface area contributed by atoms with E-state index < -0.39 is 0 Å². The van der Waals surface area contributed by atoms with Crippen LogP contribution in [-0.4, -0.2) is 18.0 Å². The van der Waals surface area contributed by atoms with Crippen LogP contribution in [0, 0.1) is 0 Å². The molecule has 0 aromatic rings. The van der Waals surface area contributed by atoms with E-state index in [2.05, 4.69) is 11.8 Å². The Bertz CT molecular complexity index is 158. The summed E-state index contributed by atoms with van der Waals surface area (Å²) in [5, 5.41) is 0. The number of hydrogen-bond acceptors (Lipinski definition) is 1. The Morgan fingerprint density at radius 1 is 1.33 bits per heavy atom. The molecule has 2 rings (SSSR count). The highest BCUT2D eigenvalue weighted by atomic mass is 15.2. The Hall–Kier alpha value is -0.460. The summed E-state index contributed by atoms with van der Waals surface area (Å²) in [6, 6.07) is 0. The highest BCUT2D eigenvalue weighted by molar-refractivity contribution is 5.27. The molecule has 1 aliphatic carbocycles. The lowest BCUT2D eigenvalue weighted by atomic mass is 9.95. The lowest BCUT2D eigenvalue weighted by Crippen LogP contribution is -2.20. The van der Waals surface area contributed by atoms with E-state index in [0.717, 1.165) is 0 Å². The first kappa shape index (κ1) is 5.33. The molecule has 0 radical (unpaired) electrons. The smallest absolute Gasteiger partial charge is 0.0212 e. The van der Waals surface area contributed by atoms with Crippen molar-refractivity contribution in [1.29, 1.82) is 0 Å². The van der Waals surface area contributed by atoms with Crippen LogP contribution in [0.1, 0.15) is 26.2 Å². The molecule has 0 saturated carbocycles. The van der Waals surface area contributed by atoms with Gasteiger partial charge in [0.1, 0.15) is 0 Å². The van der Waals surface area contributed by atoms with E-state index in [1.165, 1.54) is 32.4 Å². The van der Waals surface area contributed by atoms with Gasteiger partial charge in [-0.2, -0.15) is 0 Å². The maximum atomic E-state index is 2.51.